The summed E-state index contributed by atoms with van der Waals surface area (Å²) in [4.78, 5) is 38.2. The van der Waals surface area contributed by atoms with Gasteiger partial charge < -0.3 is 10.6 Å². The first-order valence-corrected chi connectivity index (χ1v) is 8.92. The van der Waals surface area contributed by atoms with Crippen LogP contribution in [0.2, 0.25) is 0 Å². The number of urea groups is 1. The van der Waals surface area contributed by atoms with Crippen molar-refractivity contribution in [2.24, 2.45) is 0 Å². The number of anilines is 1. The van der Waals surface area contributed by atoms with Crippen molar-refractivity contribution in [3.05, 3.63) is 65.7 Å². The van der Waals surface area contributed by atoms with E-state index in [0.717, 1.165) is 16.0 Å². The number of carbonyl (C=O) groups is 3. The molecule has 6 nitrogen and oxygen atoms in total. The number of imide groups is 1. The van der Waals surface area contributed by atoms with Gasteiger partial charge in [-0.15, -0.1) is 0 Å². The second-order valence-corrected chi connectivity index (χ2v) is 7.05. The Balaban J connectivity index is 1.61. The third kappa shape index (κ3) is 4.34. The van der Waals surface area contributed by atoms with E-state index in [9.17, 15) is 14.4 Å². The number of amides is 4. The summed E-state index contributed by atoms with van der Waals surface area (Å²) in [6, 6.07) is 16.6. The molecule has 6 heteroatoms. The third-order valence-electron chi connectivity index (χ3n) is 4.74. The van der Waals surface area contributed by atoms with Gasteiger partial charge in [-0.3, -0.25) is 14.5 Å². The Morgan fingerprint density at radius 1 is 1.07 bits per heavy atom. The molecule has 0 spiro atoms. The summed E-state index contributed by atoms with van der Waals surface area (Å²) in [5.74, 6) is -0.780. The Labute approximate surface area is 158 Å². The molecule has 0 bridgehead atoms. The van der Waals surface area contributed by atoms with Crippen LogP contribution >= 0.6 is 0 Å². The quantitative estimate of drug-likeness (QED) is 0.773. The monoisotopic (exact) mass is 365 g/mol. The van der Waals surface area contributed by atoms with Gasteiger partial charge in [0.1, 0.15) is 12.1 Å². The minimum Gasteiger partial charge on any atom is -0.325 e. The van der Waals surface area contributed by atoms with E-state index in [2.05, 4.69) is 10.6 Å². The summed E-state index contributed by atoms with van der Waals surface area (Å²) in [5, 5.41) is 5.44. The van der Waals surface area contributed by atoms with Crippen LogP contribution in [0, 0.1) is 6.92 Å². The summed E-state index contributed by atoms with van der Waals surface area (Å²) in [6.07, 6.45) is 1.13. The highest BCUT2D eigenvalue weighted by Crippen LogP contribution is 2.23. The van der Waals surface area contributed by atoms with Crippen molar-refractivity contribution in [2.45, 2.75) is 32.2 Å². The maximum absolute atomic E-state index is 12.8. The molecule has 140 valence electrons. The zero-order chi connectivity index (χ0) is 19.4. The topological polar surface area (TPSA) is 78.5 Å². The Morgan fingerprint density at radius 2 is 1.74 bits per heavy atom. The van der Waals surface area contributed by atoms with Crippen LogP contribution in [0.5, 0.6) is 0 Å². The van der Waals surface area contributed by atoms with Gasteiger partial charge in [-0.05, 0) is 44.4 Å². The number of benzene rings is 2. The molecule has 2 aromatic rings. The minimum atomic E-state index is -1.00. The summed E-state index contributed by atoms with van der Waals surface area (Å²) < 4.78 is 0. The molecular formula is C21H23N3O3. The first kappa shape index (κ1) is 18.6. The molecule has 4 amide bonds. The molecule has 0 unspecified atom stereocenters. The fourth-order valence-corrected chi connectivity index (χ4v) is 3.08. The smallest absolute Gasteiger partial charge is 0.325 e. The van der Waals surface area contributed by atoms with E-state index in [-0.39, 0.29) is 12.5 Å². The zero-order valence-electron chi connectivity index (χ0n) is 15.5. The second kappa shape index (κ2) is 7.61. The van der Waals surface area contributed by atoms with Crippen LogP contribution in [0.1, 0.15) is 24.5 Å². The van der Waals surface area contributed by atoms with E-state index in [1.54, 1.807) is 19.1 Å². The van der Waals surface area contributed by atoms with Crippen LogP contribution in [0.25, 0.3) is 0 Å². The van der Waals surface area contributed by atoms with Gasteiger partial charge in [-0.25, -0.2) is 4.79 Å². The lowest BCUT2D eigenvalue weighted by Gasteiger charge is -2.21. The molecule has 1 fully saturated rings. The summed E-state index contributed by atoms with van der Waals surface area (Å²) in [6.45, 7) is 3.35. The lowest BCUT2D eigenvalue weighted by molar-refractivity contribution is -0.133. The molecule has 0 aliphatic carbocycles. The highest BCUT2D eigenvalue weighted by Gasteiger charge is 2.47. The van der Waals surface area contributed by atoms with Crippen molar-refractivity contribution in [1.82, 2.24) is 10.2 Å². The van der Waals surface area contributed by atoms with Crippen LogP contribution < -0.4 is 10.6 Å². The molecule has 2 aromatic carbocycles. The standard InChI is InChI=1S/C21H23N3O3/c1-15-8-10-17(11-9-15)22-18(25)14-24-19(26)21(2,23-20(24)27)13-12-16-6-4-3-5-7-16/h3-11H,12-14H2,1-2H3,(H,22,25)(H,23,27)/t21-/m1/s1. The first-order valence-electron chi connectivity index (χ1n) is 8.92. The van der Waals surface area contributed by atoms with E-state index in [4.69, 9.17) is 0 Å². The lowest BCUT2D eigenvalue weighted by atomic mass is 9.93. The molecule has 2 N–H and O–H groups in total. The molecule has 0 aromatic heterocycles. The predicted octanol–water partition coefficient (Wildman–Crippen LogP) is 2.88. The van der Waals surface area contributed by atoms with E-state index in [1.807, 2.05) is 49.4 Å². The normalized spacial score (nSPS) is 19.1. The van der Waals surface area contributed by atoms with E-state index in [0.29, 0.717) is 18.5 Å². The van der Waals surface area contributed by atoms with Crippen LogP contribution in [0.4, 0.5) is 10.5 Å². The number of rotatable bonds is 6. The van der Waals surface area contributed by atoms with Crippen LogP contribution in [0.3, 0.4) is 0 Å². The highest BCUT2D eigenvalue weighted by atomic mass is 16.2. The fraction of sp³-hybridized carbons (Fsp3) is 0.286. The summed E-state index contributed by atoms with van der Waals surface area (Å²) in [5.41, 5.74) is 1.80. The number of hydrogen-bond acceptors (Lipinski definition) is 3. The second-order valence-electron chi connectivity index (χ2n) is 7.05. The van der Waals surface area contributed by atoms with Crippen molar-refractivity contribution < 1.29 is 14.4 Å². The van der Waals surface area contributed by atoms with Crippen molar-refractivity contribution in [2.75, 3.05) is 11.9 Å². The van der Waals surface area contributed by atoms with Gasteiger partial charge in [0.15, 0.2) is 0 Å². The summed E-state index contributed by atoms with van der Waals surface area (Å²) in [7, 11) is 0. The molecule has 0 radical (unpaired) electrons. The Hall–Kier alpha value is -3.15. The van der Waals surface area contributed by atoms with E-state index in [1.165, 1.54) is 0 Å². The zero-order valence-corrected chi connectivity index (χ0v) is 15.5. The highest BCUT2D eigenvalue weighted by molar-refractivity contribution is 6.09. The van der Waals surface area contributed by atoms with Gasteiger partial charge in [0.25, 0.3) is 5.91 Å². The van der Waals surface area contributed by atoms with Crippen molar-refractivity contribution in [3.8, 4) is 0 Å². The average molecular weight is 365 g/mol. The van der Waals surface area contributed by atoms with Gasteiger partial charge in [-0.1, -0.05) is 48.0 Å². The molecule has 1 aliphatic rings. The van der Waals surface area contributed by atoms with Crippen molar-refractivity contribution in [3.63, 3.8) is 0 Å². The molecule has 0 saturated carbocycles. The number of nitrogens with one attached hydrogen (secondary N) is 2. The maximum atomic E-state index is 12.8. The van der Waals surface area contributed by atoms with Gasteiger partial charge in [-0.2, -0.15) is 0 Å². The van der Waals surface area contributed by atoms with Gasteiger partial charge in [0.05, 0.1) is 0 Å². The molecule has 1 heterocycles. The number of carbonyl (C=O) groups excluding carboxylic acids is 3. The van der Waals surface area contributed by atoms with Gasteiger partial charge in [0, 0.05) is 5.69 Å². The Morgan fingerprint density at radius 3 is 2.41 bits per heavy atom. The predicted molar refractivity (Wildman–Crippen MR) is 103 cm³/mol. The van der Waals surface area contributed by atoms with Crippen LogP contribution in [-0.2, 0) is 16.0 Å². The number of nitrogens with zero attached hydrogens (tertiary/aromatic N) is 1. The number of aryl methyl sites for hydroxylation is 2. The van der Waals surface area contributed by atoms with Gasteiger partial charge >= 0.3 is 6.03 Å². The lowest BCUT2D eigenvalue weighted by Crippen LogP contribution is -2.45. The first-order chi connectivity index (χ1) is 12.9. The molecule has 1 saturated heterocycles. The van der Waals surface area contributed by atoms with Crippen LogP contribution in [-0.4, -0.2) is 34.8 Å². The molecule has 27 heavy (non-hydrogen) atoms. The average Bonchev–Trinajstić information content (AvgIpc) is 2.86. The largest absolute Gasteiger partial charge is 0.325 e. The molecular weight excluding hydrogens is 342 g/mol. The van der Waals surface area contributed by atoms with E-state index < -0.39 is 17.5 Å². The molecule has 1 atom stereocenters. The van der Waals surface area contributed by atoms with Crippen LogP contribution in [0.15, 0.2) is 54.6 Å². The van der Waals surface area contributed by atoms with Gasteiger partial charge in [0.2, 0.25) is 5.91 Å². The maximum Gasteiger partial charge on any atom is 0.325 e. The molecule has 1 aliphatic heterocycles. The summed E-state index contributed by atoms with van der Waals surface area (Å²) >= 11 is 0. The molecule has 3 rings (SSSR count). The Kier molecular flexibility index (Phi) is 5.26. The van der Waals surface area contributed by atoms with Crippen molar-refractivity contribution in [1.29, 1.82) is 0 Å². The minimum absolute atomic E-state index is 0.306. The van der Waals surface area contributed by atoms with E-state index >= 15 is 0 Å². The third-order valence-corrected chi connectivity index (χ3v) is 4.74. The fourth-order valence-electron chi connectivity index (χ4n) is 3.08. The SMILES string of the molecule is Cc1ccc(NC(=O)CN2C(=O)N[C@](C)(CCc3ccccc3)C2=O)cc1. The van der Waals surface area contributed by atoms with Crippen molar-refractivity contribution >= 4 is 23.5 Å². The number of hydrogen-bond donors (Lipinski definition) is 2. The Bertz CT molecular complexity index is 849.